The topological polar surface area (TPSA) is 104 Å². The molecule has 0 saturated carbocycles. The molecule has 0 fully saturated rings. The number of nitrogens with one attached hydrogen (secondary N) is 1. The highest BCUT2D eigenvalue weighted by molar-refractivity contribution is 7.13. The van der Waals surface area contributed by atoms with Crippen LogP contribution in [0.15, 0.2) is 23.6 Å². The largest absolute Gasteiger partial charge is 0.496 e. The summed E-state index contributed by atoms with van der Waals surface area (Å²) in [6.45, 7) is 1.45. The Morgan fingerprint density at radius 2 is 2.27 bits per heavy atom. The van der Waals surface area contributed by atoms with Crippen LogP contribution >= 0.6 is 11.3 Å². The fraction of sp³-hybridized carbons (Fsp3) is 0.231. The van der Waals surface area contributed by atoms with E-state index in [2.05, 4.69) is 10.3 Å². The van der Waals surface area contributed by atoms with E-state index in [-0.39, 0.29) is 18.0 Å². The minimum absolute atomic E-state index is 0.00345. The van der Waals surface area contributed by atoms with E-state index < -0.39 is 10.8 Å². The van der Waals surface area contributed by atoms with E-state index in [0.29, 0.717) is 10.9 Å². The first-order valence-electron chi connectivity index (χ1n) is 6.17. The lowest BCUT2D eigenvalue weighted by Crippen LogP contribution is -2.20. The third-order valence-corrected chi connectivity index (χ3v) is 3.46. The summed E-state index contributed by atoms with van der Waals surface area (Å²) in [5.41, 5.74) is 0.532. The molecule has 1 aromatic carbocycles. The average molecular weight is 323 g/mol. The molecular weight excluding hydrogens is 310 g/mol. The van der Waals surface area contributed by atoms with Gasteiger partial charge in [-0.25, -0.2) is 4.98 Å². The molecule has 22 heavy (non-hydrogen) atoms. The number of anilines is 1. The van der Waals surface area contributed by atoms with E-state index in [1.807, 2.05) is 6.92 Å². The summed E-state index contributed by atoms with van der Waals surface area (Å²) in [7, 11) is 1.41. The fourth-order valence-corrected chi connectivity index (χ4v) is 2.30. The number of thiazole rings is 1. The molecule has 0 radical (unpaired) electrons. The number of aromatic nitrogens is 1. The van der Waals surface area contributed by atoms with Crippen molar-refractivity contribution in [1.29, 1.82) is 0 Å². The Kier molecular flexibility index (Phi) is 4.89. The van der Waals surface area contributed by atoms with E-state index in [4.69, 9.17) is 9.47 Å². The van der Waals surface area contributed by atoms with Crippen LogP contribution in [0.2, 0.25) is 0 Å². The normalized spacial score (nSPS) is 10.1. The summed E-state index contributed by atoms with van der Waals surface area (Å²) in [6.07, 6.45) is 0. The molecule has 0 aliphatic rings. The molecule has 1 N–H and O–H groups in total. The first kappa shape index (κ1) is 15.7. The highest BCUT2D eigenvalue weighted by Crippen LogP contribution is 2.30. The van der Waals surface area contributed by atoms with Gasteiger partial charge in [0.25, 0.3) is 5.91 Å². The molecule has 0 spiro atoms. The van der Waals surface area contributed by atoms with E-state index in [1.54, 1.807) is 5.38 Å². The van der Waals surface area contributed by atoms with Gasteiger partial charge >= 0.3 is 5.69 Å². The van der Waals surface area contributed by atoms with Crippen molar-refractivity contribution in [3.05, 3.63) is 39.4 Å². The van der Waals surface area contributed by atoms with Crippen molar-refractivity contribution < 1.29 is 19.2 Å². The number of hydrogen-bond acceptors (Lipinski definition) is 7. The molecule has 0 aliphatic heterocycles. The summed E-state index contributed by atoms with van der Waals surface area (Å²) < 4.78 is 10.1. The Bertz CT molecular complexity index is 701. The van der Waals surface area contributed by atoms with E-state index in [9.17, 15) is 14.9 Å². The van der Waals surface area contributed by atoms with Gasteiger partial charge in [0.15, 0.2) is 17.5 Å². The highest BCUT2D eigenvalue weighted by atomic mass is 32.1. The molecular formula is C13H13N3O5S. The summed E-state index contributed by atoms with van der Waals surface area (Å²) >= 11 is 1.29. The number of carbonyl (C=O) groups is 1. The van der Waals surface area contributed by atoms with Crippen LogP contribution in [0.4, 0.5) is 10.8 Å². The second-order valence-corrected chi connectivity index (χ2v) is 5.08. The number of aryl methyl sites for hydroxylation is 1. The van der Waals surface area contributed by atoms with Crippen LogP contribution in [0.25, 0.3) is 0 Å². The van der Waals surface area contributed by atoms with Crippen LogP contribution in [0.5, 0.6) is 11.5 Å². The summed E-state index contributed by atoms with van der Waals surface area (Å²) in [5.74, 6) is -0.113. The van der Waals surface area contributed by atoms with Gasteiger partial charge in [-0.05, 0) is 19.1 Å². The Labute approximate surface area is 129 Å². The maximum Gasteiger partial charge on any atom is 0.314 e. The summed E-state index contributed by atoms with van der Waals surface area (Å²) in [4.78, 5) is 26.2. The molecule has 0 aliphatic carbocycles. The van der Waals surface area contributed by atoms with Crippen LogP contribution in [0.3, 0.4) is 0 Å². The maximum atomic E-state index is 11.7. The van der Waals surface area contributed by atoms with Gasteiger partial charge in [-0.1, -0.05) is 0 Å². The van der Waals surface area contributed by atoms with E-state index in [1.165, 1.54) is 36.6 Å². The van der Waals surface area contributed by atoms with Crippen LogP contribution in [0.1, 0.15) is 5.69 Å². The van der Waals surface area contributed by atoms with Crippen LogP contribution < -0.4 is 14.8 Å². The van der Waals surface area contributed by atoms with Gasteiger partial charge in [0.1, 0.15) is 5.75 Å². The monoisotopic (exact) mass is 323 g/mol. The van der Waals surface area contributed by atoms with Gasteiger partial charge in [0, 0.05) is 5.38 Å². The predicted molar refractivity (Wildman–Crippen MR) is 80.6 cm³/mol. The number of carbonyl (C=O) groups excluding carboxylic acids is 1. The lowest BCUT2D eigenvalue weighted by molar-refractivity contribution is -0.385. The number of nitrogens with zero attached hydrogens (tertiary/aromatic N) is 2. The Morgan fingerprint density at radius 3 is 2.86 bits per heavy atom. The zero-order valence-electron chi connectivity index (χ0n) is 11.9. The van der Waals surface area contributed by atoms with Gasteiger partial charge in [0.2, 0.25) is 0 Å². The number of ether oxygens (including phenoxy) is 2. The Balaban J connectivity index is 2.01. The third-order valence-electron chi connectivity index (χ3n) is 2.59. The number of hydrogen-bond donors (Lipinski definition) is 1. The molecule has 1 heterocycles. The van der Waals surface area contributed by atoms with Crippen molar-refractivity contribution >= 4 is 28.1 Å². The highest BCUT2D eigenvalue weighted by Gasteiger charge is 2.17. The van der Waals surface area contributed by atoms with Gasteiger partial charge in [-0.15, -0.1) is 11.3 Å². The smallest absolute Gasteiger partial charge is 0.314 e. The van der Waals surface area contributed by atoms with E-state index >= 15 is 0 Å². The second kappa shape index (κ2) is 6.85. The fourth-order valence-electron chi connectivity index (χ4n) is 1.60. The van der Waals surface area contributed by atoms with Crippen LogP contribution in [-0.2, 0) is 4.79 Å². The van der Waals surface area contributed by atoms with Crippen molar-refractivity contribution in [3.63, 3.8) is 0 Å². The van der Waals surface area contributed by atoms with Crippen molar-refractivity contribution in [2.75, 3.05) is 19.0 Å². The standard InChI is InChI=1S/C13H13N3O5S/c1-8-7-22-13(14-8)15-12(17)6-21-11-4-3-9(20-2)5-10(11)16(18)19/h3-5,7H,6H2,1-2H3,(H,14,15,17). The number of amides is 1. The first-order valence-corrected chi connectivity index (χ1v) is 7.05. The summed E-state index contributed by atoms with van der Waals surface area (Å²) in [5, 5.41) is 15.8. The van der Waals surface area contributed by atoms with Crippen molar-refractivity contribution in [1.82, 2.24) is 4.98 Å². The minimum atomic E-state index is -0.597. The van der Waals surface area contributed by atoms with Gasteiger partial charge < -0.3 is 9.47 Å². The van der Waals surface area contributed by atoms with Gasteiger partial charge in [0.05, 0.1) is 23.8 Å². The Hall–Kier alpha value is -2.68. The number of nitro groups is 1. The molecule has 2 rings (SSSR count). The molecule has 0 saturated heterocycles. The molecule has 1 aromatic heterocycles. The Morgan fingerprint density at radius 1 is 1.50 bits per heavy atom. The van der Waals surface area contributed by atoms with Gasteiger partial charge in [-0.3, -0.25) is 20.2 Å². The molecule has 116 valence electrons. The van der Waals surface area contributed by atoms with Crippen LogP contribution in [-0.4, -0.2) is 29.5 Å². The summed E-state index contributed by atoms with van der Waals surface area (Å²) in [6, 6.07) is 4.14. The van der Waals surface area contributed by atoms with Crippen molar-refractivity contribution in [2.24, 2.45) is 0 Å². The minimum Gasteiger partial charge on any atom is -0.496 e. The van der Waals surface area contributed by atoms with Gasteiger partial charge in [-0.2, -0.15) is 0 Å². The quantitative estimate of drug-likeness (QED) is 0.646. The zero-order valence-corrected chi connectivity index (χ0v) is 12.7. The molecule has 9 heteroatoms. The number of methoxy groups -OCH3 is 1. The van der Waals surface area contributed by atoms with Crippen molar-refractivity contribution in [2.45, 2.75) is 6.92 Å². The number of benzene rings is 1. The molecule has 0 bridgehead atoms. The molecule has 0 unspecified atom stereocenters. The first-order chi connectivity index (χ1) is 10.5. The molecule has 1 amide bonds. The average Bonchev–Trinajstić information content (AvgIpc) is 2.89. The molecule has 2 aromatic rings. The lowest BCUT2D eigenvalue weighted by Gasteiger charge is -2.07. The second-order valence-electron chi connectivity index (χ2n) is 4.22. The maximum absolute atomic E-state index is 11.7. The lowest BCUT2D eigenvalue weighted by atomic mass is 10.3. The zero-order chi connectivity index (χ0) is 16.1. The molecule has 8 nitrogen and oxygen atoms in total. The number of nitro benzene ring substituents is 1. The third kappa shape index (κ3) is 3.92. The predicted octanol–water partition coefficient (Wildman–Crippen LogP) is 2.39. The van der Waals surface area contributed by atoms with Crippen molar-refractivity contribution in [3.8, 4) is 11.5 Å². The van der Waals surface area contributed by atoms with Crippen LogP contribution in [0, 0.1) is 17.0 Å². The SMILES string of the molecule is COc1ccc(OCC(=O)Nc2nc(C)cs2)c([N+](=O)[O-])c1. The number of rotatable bonds is 6. The molecule has 0 atom stereocenters. The van der Waals surface area contributed by atoms with E-state index in [0.717, 1.165) is 5.69 Å².